The van der Waals surface area contributed by atoms with Gasteiger partial charge in [-0.1, -0.05) is 36.4 Å². The molecule has 1 atom stereocenters. The van der Waals surface area contributed by atoms with E-state index in [9.17, 15) is 9.59 Å². The molecule has 0 unspecified atom stereocenters. The number of alkyl carbamates (subject to hydrolysis) is 1. The fourth-order valence-corrected chi connectivity index (χ4v) is 1.96. The van der Waals surface area contributed by atoms with Crippen molar-refractivity contribution in [2.24, 2.45) is 0 Å². The number of ether oxygens (including phenoxy) is 2. The lowest BCUT2D eigenvalue weighted by Crippen LogP contribution is -2.40. The van der Waals surface area contributed by atoms with Crippen molar-refractivity contribution in [2.45, 2.75) is 45.3 Å². The van der Waals surface area contributed by atoms with Gasteiger partial charge in [-0.2, -0.15) is 0 Å². The van der Waals surface area contributed by atoms with Crippen molar-refractivity contribution in [1.82, 2.24) is 5.32 Å². The van der Waals surface area contributed by atoms with E-state index in [1.165, 1.54) is 13.2 Å². The number of hydrogen-bond acceptors (Lipinski definition) is 4. The average molecular weight is 319 g/mol. The monoisotopic (exact) mass is 319 g/mol. The van der Waals surface area contributed by atoms with E-state index in [0.717, 1.165) is 5.56 Å². The molecule has 0 aliphatic carbocycles. The summed E-state index contributed by atoms with van der Waals surface area (Å²) in [6.45, 7) is 5.45. The molecule has 23 heavy (non-hydrogen) atoms. The molecule has 0 fully saturated rings. The predicted octanol–water partition coefficient (Wildman–Crippen LogP) is 3.24. The van der Waals surface area contributed by atoms with E-state index in [2.05, 4.69) is 10.1 Å². The maximum absolute atomic E-state index is 12.0. The van der Waals surface area contributed by atoms with Crippen LogP contribution in [-0.2, 0) is 20.7 Å². The quantitative estimate of drug-likeness (QED) is 0.646. The molecule has 1 amide bonds. The zero-order valence-corrected chi connectivity index (χ0v) is 14.2. The first-order valence-electron chi connectivity index (χ1n) is 7.58. The second kappa shape index (κ2) is 8.98. The Balaban J connectivity index is 2.69. The number of nitrogens with one attached hydrogen (secondary N) is 1. The van der Waals surface area contributed by atoms with Crippen LogP contribution in [0.1, 0.15) is 32.8 Å². The van der Waals surface area contributed by atoms with E-state index in [-0.39, 0.29) is 6.04 Å². The van der Waals surface area contributed by atoms with Crippen LogP contribution in [0.15, 0.2) is 42.5 Å². The van der Waals surface area contributed by atoms with Crippen LogP contribution in [-0.4, -0.2) is 30.8 Å². The largest absolute Gasteiger partial charge is 0.466 e. The summed E-state index contributed by atoms with van der Waals surface area (Å²) in [7, 11) is 1.33. The highest BCUT2D eigenvalue weighted by molar-refractivity contribution is 5.81. The van der Waals surface area contributed by atoms with Gasteiger partial charge >= 0.3 is 12.1 Å². The highest BCUT2D eigenvalue weighted by Gasteiger charge is 2.19. The summed E-state index contributed by atoms with van der Waals surface area (Å²) >= 11 is 0. The molecule has 126 valence electrons. The molecule has 5 heteroatoms. The molecule has 1 N–H and O–H groups in total. The molecular formula is C18H25NO4. The Bertz CT molecular complexity index is 532. The van der Waals surface area contributed by atoms with Gasteiger partial charge in [0.15, 0.2) is 0 Å². The number of hydrogen-bond donors (Lipinski definition) is 1. The van der Waals surface area contributed by atoms with Crippen molar-refractivity contribution in [1.29, 1.82) is 0 Å². The lowest BCUT2D eigenvalue weighted by molar-refractivity contribution is -0.134. The minimum absolute atomic E-state index is 0.173. The summed E-state index contributed by atoms with van der Waals surface area (Å²) in [5.41, 5.74) is 0.545. The molecule has 0 aliphatic heterocycles. The summed E-state index contributed by atoms with van der Waals surface area (Å²) in [5, 5.41) is 2.85. The van der Waals surface area contributed by atoms with Crippen molar-refractivity contribution in [3.63, 3.8) is 0 Å². The minimum Gasteiger partial charge on any atom is -0.466 e. The van der Waals surface area contributed by atoms with E-state index in [1.54, 1.807) is 6.08 Å². The van der Waals surface area contributed by atoms with Crippen LogP contribution in [0.5, 0.6) is 0 Å². The fourth-order valence-electron chi connectivity index (χ4n) is 1.96. The van der Waals surface area contributed by atoms with E-state index >= 15 is 0 Å². The first-order valence-corrected chi connectivity index (χ1v) is 7.58. The van der Waals surface area contributed by atoms with Crippen molar-refractivity contribution in [3.05, 3.63) is 48.0 Å². The number of amides is 1. The second-order valence-corrected chi connectivity index (χ2v) is 6.19. The maximum Gasteiger partial charge on any atom is 0.407 e. The molecule has 0 bridgehead atoms. The van der Waals surface area contributed by atoms with E-state index in [0.29, 0.717) is 12.8 Å². The predicted molar refractivity (Wildman–Crippen MR) is 89.1 cm³/mol. The van der Waals surface area contributed by atoms with Gasteiger partial charge in [0, 0.05) is 12.1 Å². The molecular weight excluding hydrogens is 294 g/mol. The summed E-state index contributed by atoms with van der Waals surface area (Å²) in [4.78, 5) is 23.1. The summed E-state index contributed by atoms with van der Waals surface area (Å²) in [6, 6.07) is 9.65. The van der Waals surface area contributed by atoms with Crippen LogP contribution in [0.2, 0.25) is 0 Å². The third-order valence-electron chi connectivity index (χ3n) is 2.92. The van der Waals surface area contributed by atoms with Gasteiger partial charge in [0.25, 0.3) is 0 Å². The number of carbonyl (C=O) groups is 2. The molecule has 0 spiro atoms. The Kier molecular flexibility index (Phi) is 7.32. The Labute approximate surface area is 137 Å². The van der Waals surface area contributed by atoms with E-state index in [1.807, 2.05) is 51.1 Å². The lowest BCUT2D eigenvalue weighted by atomic mass is 10.0. The van der Waals surface area contributed by atoms with Crippen molar-refractivity contribution >= 4 is 12.1 Å². The third-order valence-corrected chi connectivity index (χ3v) is 2.92. The molecule has 5 nitrogen and oxygen atoms in total. The number of esters is 1. The molecule has 1 aromatic rings. The van der Waals surface area contributed by atoms with Crippen molar-refractivity contribution < 1.29 is 19.1 Å². The van der Waals surface area contributed by atoms with Crippen LogP contribution in [0, 0.1) is 0 Å². The normalized spacial score (nSPS) is 12.7. The molecule has 0 saturated heterocycles. The number of rotatable bonds is 6. The topological polar surface area (TPSA) is 64.6 Å². The fraction of sp³-hybridized carbons (Fsp3) is 0.444. The smallest absolute Gasteiger partial charge is 0.407 e. The molecule has 0 aromatic heterocycles. The van der Waals surface area contributed by atoms with Gasteiger partial charge in [-0.05, 0) is 39.2 Å². The number of methoxy groups -OCH3 is 1. The van der Waals surface area contributed by atoms with Crippen molar-refractivity contribution in [3.8, 4) is 0 Å². The Morgan fingerprint density at radius 2 is 1.87 bits per heavy atom. The lowest BCUT2D eigenvalue weighted by Gasteiger charge is -2.23. The number of benzene rings is 1. The van der Waals surface area contributed by atoms with Gasteiger partial charge < -0.3 is 14.8 Å². The van der Waals surface area contributed by atoms with Gasteiger partial charge in [-0.25, -0.2) is 9.59 Å². The summed E-state index contributed by atoms with van der Waals surface area (Å²) < 4.78 is 9.85. The summed E-state index contributed by atoms with van der Waals surface area (Å²) in [6.07, 6.45) is 3.73. The highest BCUT2D eigenvalue weighted by atomic mass is 16.6. The standard InChI is InChI=1S/C18H25NO4/c1-18(2,3)23-17(21)19-15(11-8-12-16(20)22-4)13-14-9-6-5-7-10-14/h5-10,12,15H,11,13H2,1-4H3,(H,19,21)/b12-8+/t15-/m1/s1. The molecule has 1 aromatic carbocycles. The summed E-state index contributed by atoms with van der Waals surface area (Å²) in [5.74, 6) is -0.416. The average Bonchev–Trinajstić information content (AvgIpc) is 2.45. The van der Waals surface area contributed by atoms with Crippen LogP contribution in [0.3, 0.4) is 0 Å². The first kappa shape index (κ1) is 18.7. The van der Waals surface area contributed by atoms with Crippen LogP contribution >= 0.6 is 0 Å². The molecule has 1 rings (SSSR count). The van der Waals surface area contributed by atoms with Gasteiger partial charge in [0.1, 0.15) is 5.60 Å². The highest BCUT2D eigenvalue weighted by Crippen LogP contribution is 2.10. The van der Waals surface area contributed by atoms with Gasteiger partial charge in [-0.15, -0.1) is 0 Å². The molecule has 0 heterocycles. The van der Waals surface area contributed by atoms with Gasteiger partial charge in [0.2, 0.25) is 0 Å². The third kappa shape index (κ3) is 8.66. The van der Waals surface area contributed by atoms with Crippen LogP contribution < -0.4 is 5.32 Å². The van der Waals surface area contributed by atoms with Crippen molar-refractivity contribution in [2.75, 3.05) is 7.11 Å². The Morgan fingerprint density at radius 1 is 1.22 bits per heavy atom. The Morgan fingerprint density at radius 3 is 2.43 bits per heavy atom. The van der Waals surface area contributed by atoms with E-state index in [4.69, 9.17) is 4.74 Å². The van der Waals surface area contributed by atoms with Crippen LogP contribution in [0.25, 0.3) is 0 Å². The first-order chi connectivity index (χ1) is 10.8. The Hall–Kier alpha value is -2.30. The van der Waals surface area contributed by atoms with Crippen LogP contribution in [0.4, 0.5) is 4.79 Å². The SMILES string of the molecule is COC(=O)/C=C/C[C@H](Cc1ccccc1)NC(=O)OC(C)(C)C. The molecule has 0 saturated carbocycles. The zero-order chi connectivity index (χ0) is 17.3. The van der Waals surface area contributed by atoms with E-state index < -0.39 is 17.7 Å². The minimum atomic E-state index is -0.552. The maximum atomic E-state index is 12.0. The van der Waals surface area contributed by atoms with Gasteiger partial charge in [0.05, 0.1) is 7.11 Å². The number of carbonyl (C=O) groups excluding carboxylic acids is 2. The zero-order valence-electron chi connectivity index (χ0n) is 14.2. The van der Waals surface area contributed by atoms with Gasteiger partial charge in [-0.3, -0.25) is 0 Å². The second-order valence-electron chi connectivity index (χ2n) is 6.19. The molecule has 0 radical (unpaired) electrons. The molecule has 0 aliphatic rings.